The number of hydrogen-bond acceptors (Lipinski definition) is 5. The Morgan fingerprint density at radius 2 is 2.04 bits per heavy atom. The Balaban J connectivity index is 1.68. The van der Waals surface area contributed by atoms with Crippen molar-refractivity contribution in [1.29, 1.82) is 0 Å². The molecule has 0 atom stereocenters. The van der Waals surface area contributed by atoms with Crippen LogP contribution in [0.3, 0.4) is 0 Å². The van der Waals surface area contributed by atoms with Crippen molar-refractivity contribution in [2.24, 2.45) is 0 Å². The Hall–Kier alpha value is -2.34. The Morgan fingerprint density at radius 1 is 1.27 bits per heavy atom. The van der Waals surface area contributed by atoms with Gasteiger partial charge in [0.15, 0.2) is 6.61 Å². The van der Waals surface area contributed by atoms with Crippen LogP contribution in [0.1, 0.15) is 29.5 Å². The Bertz CT molecular complexity index is 870. The van der Waals surface area contributed by atoms with Gasteiger partial charge >= 0.3 is 5.63 Å². The van der Waals surface area contributed by atoms with Gasteiger partial charge in [0.05, 0.1) is 0 Å². The number of aryl methyl sites for hydroxylation is 2. The topological polar surface area (TPSA) is 71.8 Å². The Kier molecular flexibility index (Phi) is 5.61. The molecule has 26 heavy (non-hydrogen) atoms. The monoisotopic (exact) mass is 358 g/mol. The highest BCUT2D eigenvalue weighted by atomic mass is 16.5. The second kappa shape index (κ2) is 7.91. The summed E-state index contributed by atoms with van der Waals surface area (Å²) < 4.78 is 11.2. The maximum Gasteiger partial charge on any atom is 0.339 e. The predicted molar refractivity (Wildman–Crippen MR) is 101 cm³/mol. The molecule has 0 fully saturated rings. The minimum Gasteiger partial charge on any atom is -0.483 e. The van der Waals surface area contributed by atoms with Crippen molar-refractivity contribution < 1.29 is 13.9 Å². The van der Waals surface area contributed by atoms with E-state index in [9.17, 15) is 9.59 Å². The molecule has 0 bridgehead atoms. The van der Waals surface area contributed by atoms with Gasteiger partial charge in [-0.2, -0.15) is 0 Å². The van der Waals surface area contributed by atoms with Crippen LogP contribution in [-0.4, -0.2) is 44.6 Å². The van der Waals surface area contributed by atoms with E-state index in [1.807, 2.05) is 33.2 Å². The van der Waals surface area contributed by atoms with Gasteiger partial charge in [-0.15, -0.1) is 0 Å². The molecule has 1 amide bonds. The highest BCUT2D eigenvalue weighted by Gasteiger charge is 2.21. The number of carbonyl (C=O) groups is 1. The molecule has 1 aliphatic carbocycles. The summed E-state index contributed by atoms with van der Waals surface area (Å²) in [5, 5.41) is 3.83. The molecule has 1 N–H and O–H groups in total. The van der Waals surface area contributed by atoms with Crippen LogP contribution in [-0.2, 0) is 17.6 Å². The Morgan fingerprint density at radius 3 is 2.81 bits per heavy atom. The van der Waals surface area contributed by atoms with Gasteiger partial charge in [0.2, 0.25) is 0 Å². The summed E-state index contributed by atoms with van der Waals surface area (Å²) in [5.41, 5.74) is 2.99. The van der Waals surface area contributed by atoms with Crippen LogP contribution in [0.5, 0.6) is 5.75 Å². The molecule has 3 rings (SSSR count). The fourth-order valence-electron chi connectivity index (χ4n) is 3.44. The van der Waals surface area contributed by atoms with E-state index in [1.165, 1.54) is 0 Å². The molecule has 0 radical (unpaired) electrons. The second-order valence-electron chi connectivity index (χ2n) is 7.06. The zero-order chi connectivity index (χ0) is 18.7. The summed E-state index contributed by atoms with van der Waals surface area (Å²) in [4.78, 5) is 26.2. The second-order valence-corrected chi connectivity index (χ2v) is 7.06. The number of nitrogens with zero attached hydrogens (tertiary/aromatic N) is 1. The fourth-order valence-corrected chi connectivity index (χ4v) is 3.44. The van der Waals surface area contributed by atoms with Crippen molar-refractivity contribution >= 4 is 16.9 Å². The van der Waals surface area contributed by atoms with Gasteiger partial charge in [-0.05, 0) is 70.9 Å². The van der Waals surface area contributed by atoms with Gasteiger partial charge in [-0.25, -0.2) is 4.79 Å². The molecular formula is C20H26N2O4. The maximum atomic E-state index is 12.2. The predicted octanol–water partition coefficient (Wildman–Crippen LogP) is 2.04. The third-order valence-corrected chi connectivity index (χ3v) is 4.80. The zero-order valence-electron chi connectivity index (χ0n) is 15.7. The normalized spacial score (nSPS) is 13.2. The van der Waals surface area contributed by atoms with Crippen molar-refractivity contribution in [2.75, 3.05) is 33.8 Å². The number of hydrogen-bond donors (Lipinski definition) is 1. The van der Waals surface area contributed by atoms with Crippen LogP contribution < -0.4 is 15.7 Å². The van der Waals surface area contributed by atoms with E-state index in [1.54, 1.807) is 0 Å². The third-order valence-electron chi connectivity index (χ3n) is 4.80. The molecule has 1 heterocycles. The van der Waals surface area contributed by atoms with Gasteiger partial charge in [-0.1, -0.05) is 0 Å². The minimum atomic E-state index is -0.246. The lowest BCUT2D eigenvalue weighted by Gasteiger charge is -2.13. The van der Waals surface area contributed by atoms with Gasteiger partial charge < -0.3 is 19.4 Å². The number of carbonyl (C=O) groups excluding carboxylic acids is 1. The highest BCUT2D eigenvalue weighted by molar-refractivity contribution is 5.86. The first-order chi connectivity index (χ1) is 12.5. The summed E-state index contributed by atoms with van der Waals surface area (Å²) in [6, 6.07) is 3.79. The first-order valence-corrected chi connectivity index (χ1v) is 9.09. The zero-order valence-corrected chi connectivity index (χ0v) is 15.7. The molecule has 0 unspecified atom stereocenters. The quantitative estimate of drug-likeness (QED) is 0.606. The van der Waals surface area contributed by atoms with Gasteiger partial charge in [0, 0.05) is 23.1 Å². The largest absolute Gasteiger partial charge is 0.483 e. The van der Waals surface area contributed by atoms with Gasteiger partial charge in [0.1, 0.15) is 11.3 Å². The molecule has 0 spiro atoms. The molecule has 140 valence electrons. The van der Waals surface area contributed by atoms with Crippen molar-refractivity contribution in [3.8, 4) is 5.75 Å². The van der Waals surface area contributed by atoms with Crippen LogP contribution in [0, 0.1) is 6.92 Å². The summed E-state index contributed by atoms with van der Waals surface area (Å²) >= 11 is 0. The summed E-state index contributed by atoms with van der Waals surface area (Å²) in [6.07, 6.45) is 3.58. The number of nitrogens with one attached hydrogen (secondary N) is 1. The van der Waals surface area contributed by atoms with E-state index in [2.05, 4.69) is 10.2 Å². The van der Waals surface area contributed by atoms with Crippen LogP contribution in [0.25, 0.3) is 11.0 Å². The highest BCUT2D eigenvalue weighted by Crippen LogP contribution is 2.32. The van der Waals surface area contributed by atoms with E-state index < -0.39 is 0 Å². The first kappa shape index (κ1) is 18.5. The minimum absolute atomic E-state index is 0.0521. The number of fused-ring (bicyclic) bond motifs is 3. The molecule has 0 aliphatic heterocycles. The van der Waals surface area contributed by atoms with E-state index >= 15 is 0 Å². The lowest BCUT2D eigenvalue weighted by Crippen LogP contribution is -2.31. The van der Waals surface area contributed by atoms with E-state index in [0.29, 0.717) is 17.9 Å². The smallest absolute Gasteiger partial charge is 0.339 e. The summed E-state index contributed by atoms with van der Waals surface area (Å²) in [5.74, 6) is 0.417. The number of ether oxygens (including phenoxy) is 1. The lowest BCUT2D eigenvalue weighted by atomic mass is 10.0. The van der Waals surface area contributed by atoms with Crippen LogP contribution in [0.4, 0.5) is 0 Å². The summed E-state index contributed by atoms with van der Waals surface area (Å²) in [7, 11) is 4.00. The van der Waals surface area contributed by atoms with Crippen LogP contribution in [0.2, 0.25) is 0 Å². The maximum absolute atomic E-state index is 12.2. The van der Waals surface area contributed by atoms with Gasteiger partial charge in [-0.3, -0.25) is 4.79 Å². The van der Waals surface area contributed by atoms with Crippen LogP contribution >= 0.6 is 0 Å². The van der Waals surface area contributed by atoms with E-state index in [0.717, 1.165) is 54.3 Å². The molecule has 6 heteroatoms. The Labute approximate surface area is 153 Å². The molecule has 6 nitrogen and oxygen atoms in total. The van der Waals surface area contributed by atoms with E-state index in [4.69, 9.17) is 9.15 Å². The van der Waals surface area contributed by atoms with Crippen molar-refractivity contribution in [2.45, 2.75) is 32.6 Å². The SMILES string of the molecule is Cc1c(OCC(=O)NCCCN(C)C)ccc2c3c(c(=O)oc12)CCC3. The van der Waals surface area contributed by atoms with E-state index in [-0.39, 0.29) is 18.1 Å². The van der Waals surface area contributed by atoms with Crippen molar-refractivity contribution in [1.82, 2.24) is 10.2 Å². The average molecular weight is 358 g/mol. The van der Waals surface area contributed by atoms with Crippen LogP contribution in [0.15, 0.2) is 21.3 Å². The molecule has 1 aliphatic rings. The lowest BCUT2D eigenvalue weighted by molar-refractivity contribution is -0.123. The average Bonchev–Trinajstić information content (AvgIpc) is 3.09. The fraction of sp³-hybridized carbons (Fsp3) is 0.500. The number of amides is 1. The molecule has 0 saturated heterocycles. The molecule has 2 aromatic rings. The van der Waals surface area contributed by atoms with Gasteiger partial charge in [0.25, 0.3) is 5.91 Å². The summed E-state index contributed by atoms with van der Waals surface area (Å²) in [6.45, 7) is 3.35. The molecular weight excluding hydrogens is 332 g/mol. The molecule has 0 saturated carbocycles. The van der Waals surface area contributed by atoms with Crippen molar-refractivity contribution in [3.05, 3.63) is 39.2 Å². The standard InChI is InChI=1S/C20H26N2O4/c1-13-17(25-12-18(23)21-10-5-11-22(2)3)9-8-15-14-6-4-7-16(14)20(24)26-19(13)15/h8-9H,4-7,10-12H2,1-3H3,(H,21,23). The molecule has 1 aromatic carbocycles. The third kappa shape index (κ3) is 3.90. The van der Waals surface area contributed by atoms with Crippen molar-refractivity contribution in [3.63, 3.8) is 0 Å². The first-order valence-electron chi connectivity index (χ1n) is 9.09. The molecule has 1 aromatic heterocycles. The number of benzene rings is 1. The number of rotatable bonds is 7.